The van der Waals surface area contributed by atoms with Crippen molar-refractivity contribution in [1.29, 1.82) is 0 Å². The van der Waals surface area contributed by atoms with Crippen molar-refractivity contribution < 1.29 is 37.0 Å². The molecule has 1 atom stereocenters. The van der Waals surface area contributed by atoms with Crippen LogP contribution in [0.3, 0.4) is 0 Å². The lowest BCUT2D eigenvalue weighted by atomic mass is 10.1. The lowest BCUT2D eigenvalue weighted by molar-refractivity contribution is -0.154. The summed E-state index contributed by atoms with van der Waals surface area (Å²) in [6, 6.07) is 7.89. The zero-order valence-electron chi connectivity index (χ0n) is 20.6. The Labute approximate surface area is 217 Å². The predicted octanol–water partition coefficient (Wildman–Crippen LogP) is 3.18. The molecule has 0 unspecified atom stereocenters. The Morgan fingerprint density at radius 3 is 2.55 bits per heavy atom. The molecule has 3 aliphatic rings. The summed E-state index contributed by atoms with van der Waals surface area (Å²) >= 11 is 0. The van der Waals surface area contributed by atoms with E-state index in [0.717, 1.165) is 37.9 Å². The standard InChI is InChI=1S/C26H27F3N4O5/c27-26(28,29)16-37-22-7-6-19(13-30-22)38-21-8-11-33(25(21)36)18-5-4-17-14-32(24(35)20(17)12-18)15-23(34)31-9-2-1-3-10-31/h4-7,12-13,21H,1-3,8-11,14-16H2/t21-/m1/s1. The van der Waals surface area contributed by atoms with E-state index < -0.39 is 18.9 Å². The molecule has 0 spiro atoms. The number of benzene rings is 1. The number of amides is 3. The van der Waals surface area contributed by atoms with Crippen molar-refractivity contribution in [1.82, 2.24) is 14.8 Å². The highest BCUT2D eigenvalue weighted by Gasteiger charge is 2.36. The van der Waals surface area contributed by atoms with Crippen molar-refractivity contribution >= 4 is 23.4 Å². The maximum absolute atomic E-state index is 13.0. The average molecular weight is 533 g/mol. The molecular weight excluding hydrogens is 505 g/mol. The second-order valence-corrected chi connectivity index (χ2v) is 9.57. The summed E-state index contributed by atoms with van der Waals surface area (Å²) in [5.41, 5.74) is 1.85. The fourth-order valence-electron chi connectivity index (χ4n) is 4.91. The highest BCUT2D eigenvalue weighted by molar-refractivity contribution is 6.03. The van der Waals surface area contributed by atoms with E-state index in [4.69, 9.17) is 4.74 Å². The van der Waals surface area contributed by atoms with Crippen molar-refractivity contribution in [2.75, 3.05) is 37.7 Å². The number of pyridine rings is 1. The first-order chi connectivity index (χ1) is 18.2. The molecule has 1 aromatic heterocycles. The van der Waals surface area contributed by atoms with Gasteiger partial charge in [0, 0.05) is 49.9 Å². The zero-order valence-corrected chi connectivity index (χ0v) is 20.6. The molecule has 0 bridgehead atoms. The number of likely N-dealkylation sites (tertiary alicyclic amines) is 1. The monoisotopic (exact) mass is 532 g/mol. The van der Waals surface area contributed by atoms with Crippen LogP contribution in [0.25, 0.3) is 0 Å². The van der Waals surface area contributed by atoms with E-state index in [-0.39, 0.29) is 35.9 Å². The molecule has 0 radical (unpaired) electrons. The van der Waals surface area contributed by atoms with Gasteiger partial charge in [-0.05, 0) is 43.0 Å². The van der Waals surface area contributed by atoms with Crippen LogP contribution in [-0.2, 0) is 16.1 Å². The van der Waals surface area contributed by atoms with Crippen LogP contribution in [-0.4, -0.2) is 77.6 Å². The molecule has 4 heterocycles. The average Bonchev–Trinajstić information content (AvgIpc) is 3.42. The molecule has 3 aliphatic heterocycles. The number of aromatic nitrogens is 1. The van der Waals surface area contributed by atoms with Crippen LogP contribution in [0.15, 0.2) is 36.5 Å². The Morgan fingerprint density at radius 1 is 1.05 bits per heavy atom. The number of carbonyl (C=O) groups is 3. The number of carbonyl (C=O) groups excluding carboxylic acids is 3. The largest absolute Gasteiger partial charge is 0.479 e. The van der Waals surface area contributed by atoms with Crippen LogP contribution in [0.4, 0.5) is 18.9 Å². The smallest absolute Gasteiger partial charge is 0.422 e. The van der Waals surface area contributed by atoms with Crippen LogP contribution in [0.5, 0.6) is 11.6 Å². The summed E-state index contributed by atoms with van der Waals surface area (Å²) in [6.07, 6.45) is -0.609. The molecule has 3 amide bonds. The first-order valence-electron chi connectivity index (χ1n) is 12.5. The van der Waals surface area contributed by atoms with Gasteiger partial charge in [0.2, 0.25) is 11.8 Å². The number of anilines is 1. The molecule has 9 nitrogen and oxygen atoms in total. The van der Waals surface area contributed by atoms with Crippen LogP contribution in [0, 0.1) is 0 Å². The van der Waals surface area contributed by atoms with Gasteiger partial charge in [0.15, 0.2) is 12.7 Å². The summed E-state index contributed by atoms with van der Waals surface area (Å²) in [4.78, 5) is 47.4. The molecule has 2 saturated heterocycles. The summed E-state index contributed by atoms with van der Waals surface area (Å²) in [5, 5.41) is 0. The normalized spacial score (nSPS) is 19.7. The quantitative estimate of drug-likeness (QED) is 0.544. The Kier molecular flexibility index (Phi) is 7.13. The highest BCUT2D eigenvalue weighted by atomic mass is 19.4. The first kappa shape index (κ1) is 25.8. The van der Waals surface area contributed by atoms with Gasteiger partial charge in [0.05, 0.1) is 6.20 Å². The van der Waals surface area contributed by atoms with E-state index in [1.165, 1.54) is 28.1 Å². The SMILES string of the molecule is O=C(CN1Cc2ccc(N3CC[C@@H](Oc4ccc(OCC(F)(F)F)nc4)C3=O)cc2C1=O)N1CCCCC1. The minimum absolute atomic E-state index is 0.0372. The van der Waals surface area contributed by atoms with Crippen LogP contribution in [0.2, 0.25) is 0 Å². The fraction of sp³-hybridized carbons (Fsp3) is 0.462. The van der Waals surface area contributed by atoms with Crippen molar-refractivity contribution in [3.8, 4) is 11.6 Å². The van der Waals surface area contributed by atoms with Crippen molar-refractivity contribution in [2.45, 2.75) is 44.5 Å². The van der Waals surface area contributed by atoms with Crippen LogP contribution >= 0.6 is 0 Å². The number of halogens is 3. The molecule has 5 rings (SSSR count). The van der Waals surface area contributed by atoms with Gasteiger partial charge >= 0.3 is 6.18 Å². The summed E-state index contributed by atoms with van der Waals surface area (Å²) < 4.78 is 47.2. The van der Waals surface area contributed by atoms with Crippen molar-refractivity contribution in [3.63, 3.8) is 0 Å². The third-order valence-corrected chi connectivity index (χ3v) is 6.85. The number of fused-ring (bicyclic) bond motifs is 1. The Morgan fingerprint density at radius 2 is 1.84 bits per heavy atom. The van der Waals surface area contributed by atoms with Gasteiger partial charge in [-0.2, -0.15) is 13.2 Å². The minimum atomic E-state index is -4.47. The molecule has 202 valence electrons. The summed E-state index contributed by atoms with van der Waals surface area (Å²) in [5.74, 6) is -0.558. The van der Waals surface area contributed by atoms with E-state index in [1.54, 1.807) is 18.2 Å². The third-order valence-electron chi connectivity index (χ3n) is 6.85. The van der Waals surface area contributed by atoms with Gasteiger partial charge in [-0.25, -0.2) is 4.98 Å². The number of piperidine rings is 1. The van der Waals surface area contributed by atoms with E-state index in [0.29, 0.717) is 30.8 Å². The molecule has 0 saturated carbocycles. The van der Waals surface area contributed by atoms with Gasteiger partial charge in [0.1, 0.15) is 12.3 Å². The van der Waals surface area contributed by atoms with E-state index >= 15 is 0 Å². The number of rotatable bonds is 7. The maximum atomic E-state index is 13.0. The zero-order chi connectivity index (χ0) is 26.9. The van der Waals surface area contributed by atoms with Gasteiger partial charge in [-0.3, -0.25) is 14.4 Å². The molecule has 12 heteroatoms. The Bertz CT molecular complexity index is 1210. The lowest BCUT2D eigenvalue weighted by Crippen LogP contribution is -2.42. The van der Waals surface area contributed by atoms with Crippen molar-refractivity contribution in [3.05, 3.63) is 47.7 Å². The second kappa shape index (κ2) is 10.5. The second-order valence-electron chi connectivity index (χ2n) is 9.57. The Hall–Kier alpha value is -3.83. The molecule has 1 aromatic carbocycles. The highest BCUT2D eigenvalue weighted by Crippen LogP contribution is 2.31. The number of hydrogen-bond donors (Lipinski definition) is 0. The van der Waals surface area contributed by atoms with Gasteiger partial charge < -0.3 is 24.2 Å². The summed E-state index contributed by atoms with van der Waals surface area (Å²) in [7, 11) is 0. The molecule has 0 N–H and O–H groups in total. The summed E-state index contributed by atoms with van der Waals surface area (Å²) in [6.45, 7) is 0.757. The van der Waals surface area contributed by atoms with Crippen LogP contribution in [0.1, 0.15) is 41.6 Å². The van der Waals surface area contributed by atoms with E-state index in [1.807, 2.05) is 4.90 Å². The number of hydrogen-bond acceptors (Lipinski definition) is 6. The fourth-order valence-corrected chi connectivity index (χ4v) is 4.91. The number of nitrogens with zero attached hydrogens (tertiary/aromatic N) is 4. The van der Waals surface area contributed by atoms with Gasteiger partial charge in [0.25, 0.3) is 11.8 Å². The first-order valence-corrected chi connectivity index (χ1v) is 12.5. The Balaban J connectivity index is 1.19. The number of alkyl halides is 3. The topological polar surface area (TPSA) is 92.3 Å². The maximum Gasteiger partial charge on any atom is 0.422 e. The lowest BCUT2D eigenvalue weighted by Gasteiger charge is -2.28. The molecule has 2 fully saturated rings. The van der Waals surface area contributed by atoms with Gasteiger partial charge in [-0.15, -0.1) is 0 Å². The minimum Gasteiger partial charge on any atom is -0.479 e. The van der Waals surface area contributed by atoms with E-state index in [2.05, 4.69) is 9.72 Å². The van der Waals surface area contributed by atoms with E-state index in [9.17, 15) is 27.6 Å². The third kappa shape index (κ3) is 5.68. The molecule has 2 aromatic rings. The molecule has 38 heavy (non-hydrogen) atoms. The molecule has 0 aliphatic carbocycles. The van der Waals surface area contributed by atoms with Crippen molar-refractivity contribution in [2.24, 2.45) is 0 Å². The van der Waals surface area contributed by atoms with Gasteiger partial charge in [-0.1, -0.05) is 6.07 Å². The predicted molar refractivity (Wildman–Crippen MR) is 129 cm³/mol. The molecular formula is C26H27F3N4O5. The number of ether oxygens (including phenoxy) is 2. The van der Waals surface area contributed by atoms with Crippen LogP contribution < -0.4 is 14.4 Å².